The Hall–Kier alpha value is -0.920. The first-order chi connectivity index (χ1) is 8.36. The van der Waals surface area contributed by atoms with E-state index in [0.717, 1.165) is 19.5 Å². The third-order valence-electron chi connectivity index (χ3n) is 2.28. The van der Waals surface area contributed by atoms with Gasteiger partial charge in [-0.05, 0) is 24.6 Å². The molecule has 0 aliphatic heterocycles. The van der Waals surface area contributed by atoms with E-state index in [4.69, 9.17) is 5.11 Å². The molecule has 5 nitrogen and oxygen atoms in total. The van der Waals surface area contributed by atoms with Gasteiger partial charge in [0.05, 0.1) is 0 Å². The Balaban J connectivity index is 3.00. The van der Waals surface area contributed by atoms with Gasteiger partial charge in [0.1, 0.15) is 6.61 Å². The van der Waals surface area contributed by atoms with Crippen molar-refractivity contribution in [2.24, 2.45) is 0 Å². The molecule has 0 saturated heterocycles. The molecule has 0 atom stereocenters. The fourth-order valence-corrected chi connectivity index (χ4v) is 2.55. The Morgan fingerprint density at radius 1 is 1.39 bits per heavy atom. The van der Waals surface area contributed by atoms with Crippen LogP contribution in [0.25, 0.3) is 0 Å². The van der Waals surface area contributed by atoms with Gasteiger partial charge in [-0.25, -0.2) is 0 Å². The summed E-state index contributed by atoms with van der Waals surface area (Å²) in [4.78, 5) is 23.1. The lowest BCUT2D eigenvalue weighted by atomic mass is 10.1. The minimum atomic E-state index is -0.668. The first-order valence-electron chi connectivity index (χ1n) is 5.01. The average Bonchev–Trinajstić information content (AvgIpc) is 2.32. The number of rotatable bonds is 2. The van der Waals surface area contributed by atoms with Gasteiger partial charge in [0.2, 0.25) is 0 Å². The summed E-state index contributed by atoms with van der Waals surface area (Å²) in [6, 6.07) is 3.50. The molecule has 0 bridgehead atoms. The maximum atomic E-state index is 12.1. The van der Waals surface area contributed by atoms with Gasteiger partial charge in [0.25, 0.3) is 11.8 Å². The van der Waals surface area contributed by atoms with Crippen LogP contribution in [0.3, 0.4) is 0 Å². The number of aliphatic hydroxyl groups is 1. The van der Waals surface area contributed by atoms with E-state index in [1.807, 2.05) is 6.07 Å². The summed E-state index contributed by atoms with van der Waals surface area (Å²) >= 11 is 6.65. The minimum absolute atomic E-state index is 0.365. The second kappa shape index (κ2) is 6.31. The smallest absolute Gasteiger partial charge is 0.272 e. The van der Waals surface area contributed by atoms with Gasteiger partial charge in [-0.15, -0.1) is 0 Å². The zero-order chi connectivity index (χ0) is 13.9. The molecule has 0 fully saturated rings. The Bertz CT molecular complexity index is 491. The maximum absolute atomic E-state index is 12.1. The second-order valence-corrected chi connectivity index (χ2v) is 5.39. The zero-order valence-corrected chi connectivity index (χ0v) is 13.0. The molecule has 0 heterocycles. The number of benzene rings is 1. The summed E-state index contributed by atoms with van der Waals surface area (Å²) in [5.74, 6) is -1.01. The molecule has 1 aromatic rings. The summed E-state index contributed by atoms with van der Waals surface area (Å²) in [7, 11) is 1.42. The Kier molecular flexibility index (Phi) is 5.30. The van der Waals surface area contributed by atoms with E-state index in [9.17, 15) is 9.59 Å². The quantitative estimate of drug-likeness (QED) is 0.767. The largest absolute Gasteiger partial charge is 0.386 e. The molecule has 2 amide bonds. The van der Waals surface area contributed by atoms with Crippen molar-refractivity contribution >= 4 is 43.7 Å². The molecule has 18 heavy (non-hydrogen) atoms. The molecule has 0 aliphatic rings. The van der Waals surface area contributed by atoms with Gasteiger partial charge in [0, 0.05) is 21.6 Å². The van der Waals surface area contributed by atoms with Crippen molar-refractivity contribution in [3.63, 3.8) is 0 Å². The lowest BCUT2D eigenvalue weighted by Gasteiger charge is -2.19. The molecule has 0 spiro atoms. The Morgan fingerprint density at radius 3 is 2.56 bits per heavy atom. The summed E-state index contributed by atoms with van der Waals surface area (Å²) in [5, 5.41) is 9.66. The highest BCUT2D eigenvalue weighted by atomic mass is 79.9. The fourth-order valence-electron chi connectivity index (χ4n) is 1.32. The molecule has 98 valence electrons. The van der Waals surface area contributed by atoms with Crippen LogP contribution in [0, 0.1) is 6.92 Å². The van der Waals surface area contributed by atoms with Crippen LogP contribution in [-0.2, 0) is 4.79 Å². The van der Waals surface area contributed by atoms with E-state index < -0.39 is 12.5 Å². The monoisotopic (exact) mass is 378 g/mol. The number of carbonyl (C=O) groups is 2. The van der Waals surface area contributed by atoms with Crippen molar-refractivity contribution in [1.82, 2.24) is 10.4 Å². The molecule has 0 aromatic heterocycles. The number of aliphatic hydroxyl groups excluding tert-OH is 1. The van der Waals surface area contributed by atoms with E-state index in [0.29, 0.717) is 5.56 Å². The Morgan fingerprint density at radius 2 is 2.00 bits per heavy atom. The lowest BCUT2D eigenvalue weighted by Crippen LogP contribution is -2.44. The molecule has 1 aromatic carbocycles. The first kappa shape index (κ1) is 15.1. The average molecular weight is 380 g/mol. The van der Waals surface area contributed by atoms with Crippen molar-refractivity contribution in [2.45, 2.75) is 6.92 Å². The predicted octanol–water partition coefficient (Wildman–Crippen LogP) is 1.62. The van der Waals surface area contributed by atoms with Crippen LogP contribution in [0.1, 0.15) is 15.9 Å². The SMILES string of the molecule is Cc1c(Br)cc(Br)cc1C(=O)N(C)NC(=O)CO. The molecule has 0 aliphatic carbocycles. The van der Waals surface area contributed by atoms with E-state index in [-0.39, 0.29) is 5.91 Å². The highest BCUT2D eigenvalue weighted by Gasteiger charge is 2.17. The van der Waals surface area contributed by atoms with E-state index in [1.165, 1.54) is 7.05 Å². The van der Waals surface area contributed by atoms with Gasteiger partial charge in [0.15, 0.2) is 0 Å². The standard InChI is InChI=1S/C11H12Br2N2O3/c1-6-8(3-7(12)4-9(6)13)11(18)15(2)14-10(17)5-16/h3-4,16H,5H2,1-2H3,(H,14,17). The molecule has 0 unspecified atom stereocenters. The molecule has 2 N–H and O–H groups in total. The number of amides is 2. The van der Waals surface area contributed by atoms with Crippen molar-refractivity contribution in [1.29, 1.82) is 0 Å². The van der Waals surface area contributed by atoms with Crippen LogP contribution in [0.15, 0.2) is 21.1 Å². The van der Waals surface area contributed by atoms with Crippen molar-refractivity contribution in [3.05, 3.63) is 32.2 Å². The first-order valence-corrected chi connectivity index (χ1v) is 6.59. The van der Waals surface area contributed by atoms with Crippen molar-refractivity contribution in [2.75, 3.05) is 13.7 Å². The number of hydrazine groups is 1. The van der Waals surface area contributed by atoms with Crippen LogP contribution < -0.4 is 5.43 Å². The predicted molar refractivity (Wildman–Crippen MR) is 73.9 cm³/mol. The normalized spacial score (nSPS) is 10.1. The van der Waals surface area contributed by atoms with E-state index in [2.05, 4.69) is 37.3 Å². The fraction of sp³-hybridized carbons (Fsp3) is 0.273. The summed E-state index contributed by atoms with van der Waals surface area (Å²) in [6.07, 6.45) is 0. The highest BCUT2D eigenvalue weighted by molar-refractivity contribution is 9.11. The highest BCUT2D eigenvalue weighted by Crippen LogP contribution is 2.25. The third kappa shape index (κ3) is 3.54. The van der Waals surface area contributed by atoms with Gasteiger partial charge in [-0.3, -0.25) is 20.0 Å². The molecular weight excluding hydrogens is 368 g/mol. The maximum Gasteiger partial charge on any atom is 0.272 e. The number of hydrogen-bond donors (Lipinski definition) is 2. The summed E-state index contributed by atoms with van der Waals surface area (Å²) < 4.78 is 1.55. The van der Waals surface area contributed by atoms with Crippen LogP contribution in [0.5, 0.6) is 0 Å². The number of halogens is 2. The number of nitrogens with zero attached hydrogens (tertiary/aromatic N) is 1. The third-order valence-corrected chi connectivity index (χ3v) is 3.56. The number of nitrogens with one attached hydrogen (secondary N) is 1. The lowest BCUT2D eigenvalue weighted by molar-refractivity contribution is -0.127. The summed E-state index contributed by atoms with van der Waals surface area (Å²) in [5.41, 5.74) is 3.49. The van der Waals surface area contributed by atoms with Gasteiger partial charge < -0.3 is 5.11 Å². The molecule has 0 saturated carbocycles. The van der Waals surface area contributed by atoms with Crippen LogP contribution in [-0.4, -0.2) is 35.6 Å². The molecule has 7 heteroatoms. The molecule has 1 rings (SSSR count). The molecule has 0 radical (unpaired) electrons. The second-order valence-electron chi connectivity index (χ2n) is 3.62. The van der Waals surface area contributed by atoms with Crippen LogP contribution in [0.4, 0.5) is 0 Å². The van der Waals surface area contributed by atoms with Crippen LogP contribution >= 0.6 is 31.9 Å². The zero-order valence-electron chi connectivity index (χ0n) is 9.83. The molecular formula is C11H12Br2N2O3. The van der Waals surface area contributed by atoms with Crippen LogP contribution in [0.2, 0.25) is 0 Å². The van der Waals surface area contributed by atoms with Crippen molar-refractivity contribution in [3.8, 4) is 0 Å². The van der Waals surface area contributed by atoms with Gasteiger partial charge in [-0.2, -0.15) is 0 Å². The van der Waals surface area contributed by atoms with Gasteiger partial charge in [-0.1, -0.05) is 31.9 Å². The van der Waals surface area contributed by atoms with E-state index in [1.54, 1.807) is 13.0 Å². The number of hydrogen-bond acceptors (Lipinski definition) is 3. The topological polar surface area (TPSA) is 69.6 Å². The minimum Gasteiger partial charge on any atom is -0.386 e. The van der Waals surface area contributed by atoms with E-state index >= 15 is 0 Å². The van der Waals surface area contributed by atoms with Gasteiger partial charge >= 0.3 is 0 Å². The number of carbonyl (C=O) groups excluding carboxylic acids is 2. The Labute approximate surface area is 121 Å². The summed E-state index contributed by atoms with van der Waals surface area (Å²) in [6.45, 7) is 1.13. The van der Waals surface area contributed by atoms with Crippen molar-refractivity contribution < 1.29 is 14.7 Å².